The number of hydrogen-bond acceptors (Lipinski definition) is 5. The third-order valence-corrected chi connectivity index (χ3v) is 3.79. The molecule has 0 unspecified atom stereocenters. The van der Waals surface area contributed by atoms with Crippen LogP contribution in [0.4, 0.5) is 0 Å². The third-order valence-electron chi connectivity index (χ3n) is 2.86. The van der Waals surface area contributed by atoms with Gasteiger partial charge in [-0.2, -0.15) is 0 Å². The summed E-state index contributed by atoms with van der Waals surface area (Å²) in [5.74, 6) is 0.674. The molecule has 2 aromatic heterocycles. The van der Waals surface area contributed by atoms with E-state index in [-0.39, 0.29) is 17.2 Å². The van der Waals surface area contributed by atoms with Crippen molar-refractivity contribution in [2.24, 2.45) is 0 Å². The Labute approximate surface area is 126 Å². The first-order chi connectivity index (χ1) is 10.2. The average molecular weight is 309 g/mol. The standard InChI is InChI=1S/C13H19N5O2S/c1-3-5-9-7-10(19)15-12-16-17-13(18(9)12)21-8-11(20)14-6-4-2/h7H,3-6,8H2,1-2H3,(H,14,20)(H,15,16,19). The molecule has 2 heterocycles. The van der Waals surface area contributed by atoms with E-state index in [0.717, 1.165) is 25.0 Å². The number of rotatable bonds is 7. The molecule has 8 heteroatoms. The summed E-state index contributed by atoms with van der Waals surface area (Å²) < 4.78 is 1.81. The van der Waals surface area contributed by atoms with Crippen molar-refractivity contribution in [2.45, 2.75) is 38.3 Å². The molecule has 21 heavy (non-hydrogen) atoms. The highest BCUT2D eigenvalue weighted by atomic mass is 32.2. The SMILES string of the molecule is CCCNC(=O)CSc1nnc2[nH]c(=O)cc(CCC)n12. The molecule has 0 aromatic carbocycles. The van der Waals surface area contributed by atoms with Crippen LogP contribution in [0.25, 0.3) is 5.78 Å². The summed E-state index contributed by atoms with van der Waals surface area (Å²) in [6.45, 7) is 4.73. The molecule has 2 rings (SSSR count). The molecule has 0 saturated carbocycles. The van der Waals surface area contributed by atoms with Gasteiger partial charge in [0.15, 0.2) is 5.16 Å². The fourth-order valence-electron chi connectivity index (χ4n) is 1.95. The second kappa shape index (κ2) is 7.26. The lowest BCUT2D eigenvalue weighted by atomic mass is 10.2. The van der Waals surface area contributed by atoms with Gasteiger partial charge in [-0.05, 0) is 12.8 Å². The summed E-state index contributed by atoms with van der Waals surface area (Å²) in [4.78, 5) is 25.9. The highest BCUT2D eigenvalue weighted by Gasteiger charge is 2.13. The van der Waals surface area contributed by atoms with Crippen LogP contribution in [-0.4, -0.2) is 37.8 Å². The second-order valence-electron chi connectivity index (χ2n) is 4.66. The van der Waals surface area contributed by atoms with Crippen molar-refractivity contribution in [3.8, 4) is 0 Å². The quantitative estimate of drug-likeness (QED) is 0.744. The molecular weight excluding hydrogens is 290 g/mol. The Morgan fingerprint density at radius 3 is 2.90 bits per heavy atom. The number of fused-ring (bicyclic) bond motifs is 1. The van der Waals surface area contributed by atoms with Gasteiger partial charge in [0.2, 0.25) is 11.7 Å². The molecule has 0 aliphatic rings. The van der Waals surface area contributed by atoms with Crippen molar-refractivity contribution in [1.82, 2.24) is 24.9 Å². The number of thioether (sulfide) groups is 1. The Kier molecular flexibility index (Phi) is 5.38. The molecule has 0 radical (unpaired) electrons. The number of nitrogens with zero attached hydrogens (tertiary/aromatic N) is 3. The molecule has 0 aliphatic heterocycles. The van der Waals surface area contributed by atoms with Crippen LogP contribution >= 0.6 is 11.8 Å². The highest BCUT2D eigenvalue weighted by molar-refractivity contribution is 7.99. The summed E-state index contributed by atoms with van der Waals surface area (Å²) >= 11 is 1.32. The van der Waals surface area contributed by atoms with Crippen molar-refractivity contribution in [3.63, 3.8) is 0 Å². The van der Waals surface area contributed by atoms with Crippen molar-refractivity contribution >= 4 is 23.4 Å². The predicted octanol–water partition coefficient (Wildman–Crippen LogP) is 0.988. The van der Waals surface area contributed by atoms with Crippen LogP contribution in [0.3, 0.4) is 0 Å². The number of H-pyrrole nitrogens is 1. The zero-order chi connectivity index (χ0) is 15.2. The van der Waals surface area contributed by atoms with Gasteiger partial charge in [0.05, 0.1) is 5.75 Å². The van der Waals surface area contributed by atoms with Gasteiger partial charge in [-0.25, -0.2) is 0 Å². The van der Waals surface area contributed by atoms with Crippen molar-refractivity contribution in [2.75, 3.05) is 12.3 Å². The molecule has 0 fully saturated rings. The van der Waals surface area contributed by atoms with E-state index in [0.29, 0.717) is 17.5 Å². The fraction of sp³-hybridized carbons (Fsp3) is 0.538. The Morgan fingerprint density at radius 2 is 2.19 bits per heavy atom. The molecule has 2 aromatic rings. The Morgan fingerprint density at radius 1 is 1.38 bits per heavy atom. The van der Waals surface area contributed by atoms with E-state index in [1.165, 1.54) is 11.8 Å². The van der Waals surface area contributed by atoms with Crippen molar-refractivity contribution < 1.29 is 4.79 Å². The minimum Gasteiger partial charge on any atom is -0.355 e. The molecule has 7 nitrogen and oxygen atoms in total. The molecule has 0 saturated heterocycles. The van der Waals surface area contributed by atoms with Gasteiger partial charge in [-0.3, -0.25) is 19.0 Å². The minimum atomic E-state index is -0.185. The molecule has 0 bridgehead atoms. The normalized spacial score (nSPS) is 11.0. The van der Waals surface area contributed by atoms with Gasteiger partial charge in [-0.15, -0.1) is 10.2 Å². The topological polar surface area (TPSA) is 92.2 Å². The maximum Gasteiger partial charge on any atom is 0.252 e. The summed E-state index contributed by atoms with van der Waals surface area (Å²) in [5.41, 5.74) is 0.674. The zero-order valence-electron chi connectivity index (χ0n) is 12.2. The van der Waals surface area contributed by atoms with Gasteiger partial charge in [-0.1, -0.05) is 32.0 Å². The summed E-state index contributed by atoms with van der Waals surface area (Å²) in [5, 5.41) is 11.5. The number of carbonyl (C=O) groups excluding carboxylic acids is 1. The minimum absolute atomic E-state index is 0.0277. The largest absolute Gasteiger partial charge is 0.355 e. The maximum absolute atomic E-state index is 11.7. The van der Waals surface area contributed by atoms with Gasteiger partial charge in [0.25, 0.3) is 5.56 Å². The fourth-order valence-corrected chi connectivity index (χ4v) is 2.74. The number of aromatic nitrogens is 4. The lowest BCUT2D eigenvalue weighted by molar-refractivity contribution is -0.118. The highest BCUT2D eigenvalue weighted by Crippen LogP contribution is 2.17. The Hall–Kier alpha value is -1.83. The maximum atomic E-state index is 11.7. The first kappa shape index (κ1) is 15.6. The number of aromatic amines is 1. The Bertz CT molecular complexity index is 679. The van der Waals surface area contributed by atoms with Gasteiger partial charge < -0.3 is 5.32 Å². The van der Waals surface area contributed by atoms with Crippen LogP contribution in [0.5, 0.6) is 0 Å². The molecular formula is C13H19N5O2S. The third kappa shape index (κ3) is 3.84. The number of hydrogen-bond donors (Lipinski definition) is 2. The number of amides is 1. The smallest absolute Gasteiger partial charge is 0.252 e. The summed E-state index contributed by atoms with van der Waals surface area (Å²) in [7, 11) is 0. The first-order valence-electron chi connectivity index (χ1n) is 7.02. The van der Waals surface area contributed by atoms with Gasteiger partial charge in [0, 0.05) is 18.3 Å². The van der Waals surface area contributed by atoms with Crippen LogP contribution in [-0.2, 0) is 11.2 Å². The van der Waals surface area contributed by atoms with E-state index in [1.54, 1.807) is 6.07 Å². The molecule has 0 aliphatic carbocycles. The monoisotopic (exact) mass is 309 g/mol. The number of aryl methyl sites for hydroxylation is 1. The molecule has 2 N–H and O–H groups in total. The number of carbonyl (C=O) groups is 1. The van der Waals surface area contributed by atoms with E-state index in [1.807, 2.05) is 18.2 Å². The molecule has 114 valence electrons. The lowest BCUT2D eigenvalue weighted by Crippen LogP contribution is -2.25. The second-order valence-corrected chi connectivity index (χ2v) is 5.60. The molecule has 0 atom stereocenters. The summed E-state index contributed by atoms with van der Waals surface area (Å²) in [6.07, 6.45) is 2.58. The van der Waals surface area contributed by atoms with Crippen LogP contribution in [0.1, 0.15) is 32.4 Å². The summed E-state index contributed by atoms with van der Waals surface area (Å²) in [6, 6.07) is 1.56. The van der Waals surface area contributed by atoms with E-state index in [4.69, 9.17) is 0 Å². The average Bonchev–Trinajstić information content (AvgIpc) is 2.86. The zero-order valence-corrected chi connectivity index (χ0v) is 13.0. The Balaban J connectivity index is 2.20. The lowest BCUT2D eigenvalue weighted by Gasteiger charge is -2.06. The molecule has 1 amide bonds. The van der Waals surface area contributed by atoms with Crippen LogP contribution < -0.4 is 10.9 Å². The van der Waals surface area contributed by atoms with E-state index in [9.17, 15) is 9.59 Å². The van der Waals surface area contributed by atoms with Crippen LogP contribution in [0.2, 0.25) is 0 Å². The van der Waals surface area contributed by atoms with Gasteiger partial charge in [0.1, 0.15) is 0 Å². The van der Waals surface area contributed by atoms with Crippen LogP contribution in [0, 0.1) is 0 Å². The van der Waals surface area contributed by atoms with Crippen molar-refractivity contribution in [1.29, 1.82) is 0 Å². The number of nitrogens with one attached hydrogen (secondary N) is 2. The molecule has 0 spiro atoms. The van der Waals surface area contributed by atoms with E-state index >= 15 is 0 Å². The van der Waals surface area contributed by atoms with E-state index in [2.05, 4.69) is 20.5 Å². The van der Waals surface area contributed by atoms with Gasteiger partial charge >= 0.3 is 0 Å². The van der Waals surface area contributed by atoms with Crippen LogP contribution in [0.15, 0.2) is 16.0 Å². The van der Waals surface area contributed by atoms with Crippen molar-refractivity contribution in [3.05, 3.63) is 22.1 Å². The first-order valence-corrected chi connectivity index (χ1v) is 8.01. The van der Waals surface area contributed by atoms with E-state index < -0.39 is 0 Å². The predicted molar refractivity (Wildman–Crippen MR) is 81.6 cm³/mol.